The largest absolute Gasteiger partial charge is 0.481 e. The van der Waals surface area contributed by atoms with Crippen LogP contribution in [0.25, 0.3) is 0 Å². The van der Waals surface area contributed by atoms with E-state index < -0.39 is 0 Å². The molecule has 0 aliphatic carbocycles. The summed E-state index contributed by atoms with van der Waals surface area (Å²) < 4.78 is 5.53. The zero-order chi connectivity index (χ0) is 17.2. The normalized spacial score (nSPS) is 19.6. The Morgan fingerprint density at radius 2 is 1.96 bits per heavy atom. The van der Waals surface area contributed by atoms with Crippen molar-refractivity contribution < 1.29 is 14.3 Å². The van der Waals surface area contributed by atoms with E-state index in [4.69, 9.17) is 4.74 Å². The van der Waals surface area contributed by atoms with Crippen molar-refractivity contribution in [1.29, 1.82) is 0 Å². The van der Waals surface area contributed by atoms with Crippen molar-refractivity contribution >= 4 is 17.5 Å². The minimum Gasteiger partial charge on any atom is -0.481 e. The summed E-state index contributed by atoms with van der Waals surface area (Å²) in [5.74, 6) is 0.612. The molecule has 1 atom stereocenters. The Hall–Kier alpha value is -2.82. The van der Waals surface area contributed by atoms with Gasteiger partial charge in [0.25, 0.3) is 11.8 Å². The number of hydrogen-bond donors (Lipinski definition) is 1. The van der Waals surface area contributed by atoms with Gasteiger partial charge in [-0.25, -0.2) is 0 Å². The minimum atomic E-state index is -0.195. The highest BCUT2D eigenvalue weighted by atomic mass is 16.5. The molecular weight excluding hydrogens is 316 g/mol. The molecule has 5 heteroatoms. The molecule has 1 N–H and O–H groups in total. The molecule has 2 heterocycles. The van der Waals surface area contributed by atoms with Crippen molar-refractivity contribution in [2.45, 2.75) is 18.8 Å². The van der Waals surface area contributed by atoms with Gasteiger partial charge in [-0.15, -0.1) is 0 Å². The molecule has 25 heavy (non-hydrogen) atoms. The number of nitrogens with zero attached hydrogens (tertiary/aromatic N) is 1. The molecule has 2 aromatic carbocycles. The van der Waals surface area contributed by atoms with E-state index in [2.05, 4.69) is 17.4 Å². The fourth-order valence-corrected chi connectivity index (χ4v) is 3.61. The Morgan fingerprint density at radius 3 is 2.80 bits per heavy atom. The number of ether oxygens (including phenoxy) is 1. The number of likely N-dealkylation sites (tertiary alicyclic amines) is 1. The predicted molar refractivity (Wildman–Crippen MR) is 94.9 cm³/mol. The molecule has 2 amide bonds. The summed E-state index contributed by atoms with van der Waals surface area (Å²) in [5.41, 5.74) is 2.36. The van der Waals surface area contributed by atoms with E-state index in [0.29, 0.717) is 29.5 Å². The first kappa shape index (κ1) is 15.7. The van der Waals surface area contributed by atoms with Gasteiger partial charge in [0.2, 0.25) is 0 Å². The minimum absolute atomic E-state index is 0.0337. The van der Waals surface area contributed by atoms with Gasteiger partial charge in [0.15, 0.2) is 12.4 Å². The maximum absolute atomic E-state index is 13.1. The zero-order valence-corrected chi connectivity index (χ0v) is 13.9. The number of fused-ring (bicyclic) bond motifs is 1. The molecule has 2 aliphatic rings. The first-order valence-corrected chi connectivity index (χ1v) is 8.62. The number of rotatable bonds is 2. The van der Waals surface area contributed by atoms with Crippen molar-refractivity contribution in [3.8, 4) is 5.75 Å². The zero-order valence-electron chi connectivity index (χ0n) is 13.9. The van der Waals surface area contributed by atoms with Crippen LogP contribution >= 0.6 is 0 Å². The summed E-state index contributed by atoms with van der Waals surface area (Å²) in [6.45, 7) is 1.40. The van der Waals surface area contributed by atoms with Gasteiger partial charge in [-0.2, -0.15) is 0 Å². The van der Waals surface area contributed by atoms with E-state index in [1.54, 1.807) is 18.2 Å². The van der Waals surface area contributed by atoms with Crippen LogP contribution in [-0.2, 0) is 4.79 Å². The van der Waals surface area contributed by atoms with Gasteiger partial charge in [0, 0.05) is 19.0 Å². The molecule has 0 bridgehead atoms. The monoisotopic (exact) mass is 336 g/mol. The molecular formula is C20H20N2O3. The second-order valence-electron chi connectivity index (χ2n) is 6.52. The Bertz CT molecular complexity index is 804. The Morgan fingerprint density at radius 1 is 1.12 bits per heavy atom. The van der Waals surface area contributed by atoms with E-state index in [-0.39, 0.29) is 18.4 Å². The van der Waals surface area contributed by atoms with E-state index in [0.717, 1.165) is 19.4 Å². The van der Waals surface area contributed by atoms with E-state index >= 15 is 0 Å². The summed E-state index contributed by atoms with van der Waals surface area (Å²) in [7, 11) is 0. The topological polar surface area (TPSA) is 58.6 Å². The quantitative estimate of drug-likeness (QED) is 0.917. The molecule has 0 radical (unpaired) electrons. The van der Waals surface area contributed by atoms with Gasteiger partial charge in [-0.3, -0.25) is 9.59 Å². The highest BCUT2D eigenvalue weighted by Gasteiger charge is 2.29. The maximum Gasteiger partial charge on any atom is 0.262 e. The lowest BCUT2D eigenvalue weighted by Crippen LogP contribution is -2.39. The molecule has 128 valence electrons. The highest BCUT2D eigenvalue weighted by molar-refractivity contribution is 6.03. The number of para-hydroxylation sites is 1. The average molecular weight is 336 g/mol. The van der Waals surface area contributed by atoms with Crippen LogP contribution in [0.1, 0.15) is 34.7 Å². The third-order valence-electron chi connectivity index (χ3n) is 4.85. The summed E-state index contributed by atoms with van der Waals surface area (Å²) in [4.78, 5) is 26.4. The molecule has 0 spiro atoms. The molecule has 5 nitrogen and oxygen atoms in total. The maximum atomic E-state index is 13.1. The van der Waals surface area contributed by atoms with Crippen LogP contribution in [0.5, 0.6) is 5.75 Å². The van der Waals surface area contributed by atoms with Gasteiger partial charge in [-0.1, -0.05) is 36.4 Å². The summed E-state index contributed by atoms with van der Waals surface area (Å²) in [6, 6.07) is 15.7. The lowest BCUT2D eigenvalue weighted by molar-refractivity contribution is -0.118. The Balaban J connectivity index is 1.57. The van der Waals surface area contributed by atoms with Gasteiger partial charge in [0.05, 0.1) is 11.3 Å². The number of anilines is 1. The molecule has 0 saturated carbocycles. The standard InChI is InChI=1S/C20H20N2O3/c23-18-13-25-19-16(9-4-10-17(19)21-18)20(24)22-11-5-8-15(12-22)14-6-2-1-3-7-14/h1-4,6-7,9-10,15H,5,8,11-13H2,(H,21,23). The second-order valence-corrected chi connectivity index (χ2v) is 6.52. The van der Waals surface area contributed by atoms with Crippen LogP contribution in [-0.4, -0.2) is 36.4 Å². The second kappa shape index (κ2) is 6.59. The van der Waals surface area contributed by atoms with Crippen molar-refractivity contribution in [2.75, 3.05) is 25.0 Å². The number of amides is 2. The molecule has 1 saturated heterocycles. The smallest absolute Gasteiger partial charge is 0.262 e. The van der Waals surface area contributed by atoms with E-state index in [1.807, 2.05) is 23.1 Å². The molecule has 1 fully saturated rings. The Labute approximate surface area is 146 Å². The van der Waals surface area contributed by atoms with Crippen LogP contribution in [0.3, 0.4) is 0 Å². The number of benzene rings is 2. The summed E-state index contributed by atoms with van der Waals surface area (Å²) in [6.07, 6.45) is 2.07. The van der Waals surface area contributed by atoms with E-state index in [1.165, 1.54) is 5.56 Å². The van der Waals surface area contributed by atoms with Crippen molar-refractivity contribution in [3.05, 3.63) is 59.7 Å². The SMILES string of the molecule is O=C1COc2c(cccc2C(=O)N2CCCC(c3ccccc3)C2)N1. The molecule has 1 unspecified atom stereocenters. The first-order chi connectivity index (χ1) is 12.2. The van der Waals surface area contributed by atoms with Crippen LogP contribution in [0.2, 0.25) is 0 Å². The van der Waals surface area contributed by atoms with Crippen molar-refractivity contribution in [2.24, 2.45) is 0 Å². The number of piperidine rings is 1. The summed E-state index contributed by atoms with van der Waals surface area (Å²) >= 11 is 0. The average Bonchev–Trinajstić information content (AvgIpc) is 2.67. The van der Waals surface area contributed by atoms with Crippen LogP contribution in [0.15, 0.2) is 48.5 Å². The third kappa shape index (κ3) is 3.09. The first-order valence-electron chi connectivity index (χ1n) is 8.62. The predicted octanol–water partition coefficient (Wildman–Crippen LogP) is 3.04. The lowest BCUT2D eigenvalue weighted by Gasteiger charge is -2.33. The Kier molecular flexibility index (Phi) is 4.14. The lowest BCUT2D eigenvalue weighted by atomic mass is 9.90. The number of carbonyl (C=O) groups excluding carboxylic acids is 2. The number of nitrogens with one attached hydrogen (secondary N) is 1. The molecule has 4 rings (SSSR count). The summed E-state index contributed by atoms with van der Waals surface area (Å²) in [5, 5.41) is 2.76. The number of hydrogen-bond acceptors (Lipinski definition) is 3. The van der Waals surface area contributed by atoms with E-state index in [9.17, 15) is 9.59 Å². The van der Waals surface area contributed by atoms with Crippen molar-refractivity contribution in [1.82, 2.24) is 4.90 Å². The van der Waals surface area contributed by atoms with Crippen LogP contribution in [0, 0.1) is 0 Å². The molecule has 0 aromatic heterocycles. The van der Waals surface area contributed by atoms with Crippen molar-refractivity contribution in [3.63, 3.8) is 0 Å². The van der Waals surface area contributed by atoms with Gasteiger partial charge >= 0.3 is 0 Å². The molecule has 2 aliphatic heterocycles. The van der Waals surface area contributed by atoms with Gasteiger partial charge in [0.1, 0.15) is 0 Å². The van der Waals surface area contributed by atoms with Gasteiger partial charge < -0.3 is 15.0 Å². The fourth-order valence-electron chi connectivity index (χ4n) is 3.61. The number of carbonyl (C=O) groups is 2. The van der Waals surface area contributed by atoms with Crippen LogP contribution in [0.4, 0.5) is 5.69 Å². The fraction of sp³-hybridized carbons (Fsp3) is 0.300. The molecule has 2 aromatic rings. The van der Waals surface area contributed by atoms with Gasteiger partial charge in [-0.05, 0) is 30.5 Å². The third-order valence-corrected chi connectivity index (χ3v) is 4.85. The highest BCUT2D eigenvalue weighted by Crippen LogP contribution is 2.34. The van der Waals surface area contributed by atoms with Crippen LogP contribution < -0.4 is 10.1 Å².